The van der Waals surface area contributed by atoms with Gasteiger partial charge in [-0.05, 0) is 30.5 Å². The third kappa shape index (κ3) is 2.05. The molecule has 1 aliphatic carbocycles. The molecule has 2 unspecified atom stereocenters. The lowest BCUT2D eigenvalue weighted by Gasteiger charge is -2.28. The van der Waals surface area contributed by atoms with Crippen LogP contribution in [0.3, 0.4) is 0 Å². The van der Waals surface area contributed by atoms with Gasteiger partial charge in [0.15, 0.2) is 0 Å². The van der Waals surface area contributed by atoms with Crippen molar-refractivity contribution in [1.82, 2.24) is 4.98 Å². The molecule has 1 aromatic heterocycles. The summed E-state index contributed by atoms with van der Waals surface area (Å²) in [5, 5.41) is 11.2. The summed E-state index contributed by atoms with van der Waals surface area (Å²) in [7, 11) is 0. The van der Waals surface area contributed by atoms with Crippen molar-refractivity contribution in [2.24, 2.45) is 0 Å². The van der Waals surface area contributed by atoms with Gasteiger partial charge in [0.1, 0.15) is 0 Å². The number of aliphatic hydroxyl groups is 1. The first-order chi connectivity index (χ1) is 8.34. The van der Waals surface area contributed by atoms with Crippen LogP contribution in [0.4, 0.5) is 0 Å². The van der Waals surface area contributed by atoms with E-state index in [4.69, 9.17) is 0 Å². The number of hydrogen-bond donors (Lipinski definition) is 1. The SMILES string of the molecule is OC1CCCCC1c1ccc2cccnc2c1. The summed E-state index contributed by atoms with van der Waals surface area (Å²) in [5.74, 6) is 0.301. The fourth-order valence-electron chi connectivity index (χ4n) is 2.81. The first-order valence-electron chi connectivity index (χ1n) is 6.37. The van der Waals surface area contributed by atoms with Crippen LogP contribution in [-0.2, 0) is 0 Å². The van der Waals surface area contributed by atoms with E-state index < -0.39 is 0 Å². The van der Waals surface area contributed by atoms with Crippen molar-refractivity contribution in [3.8, 4) is 0 Å². The third-order valence-corrected chi connectivity index (χ3v) is 3.79. The second-order valence-corrected chi connectivity index (χ2v) is 4.91. The topological polar surface area (TPSA) is 33.1 Å². The molecule has 0 amide bonds. The lowest BCUT2D eigenvalue weighted by atomic mass is 9.81. The first-order valence-corrected chi connectivity index (χ1v) is 6.37. The van der Waals surface area contributed by atoms with Gasteiger partial charge in [-0.1, -0.05) is 31.0 Å². The Bertz CT molecular complexity index is 523. The molecular weight excluding hydrogens is 210 g/mol. The molecule has 0 saturated heterocycles. The highest BCUT2D eigenvalue weighted by Crippen LogP contribution is 2.33. The molecule has 0 bridgehead atoms. The Balaban J connectivity index is 1.99. The summed E-state index contributed by atoms with van der Waals surface area (Å²) in [4.78, 5) is 4.38. The number of fused-ring (bicyclic) bond motifs is 1. The Hall–Kier alpha value is -1.41. The molecule has 1 aromatic carbocycles. The van der Waals surface area contributed by atoms with E-state index in [0.29, 0.717) is 5.92 Å². The lowest BCUT2D eigenvalue weighted by molar-refractivity contribution is 0.106. The summed E-state index contributed by atoms with van der Waals surface area (Å²) < 4.78 is 0. The van der Waals surface area contributed by atoms with E-state index >= 15 is 0 Å². The van der Waals surface area contributed by atoms with Crippen molar-refractivity contribution in [2.75, 3.05) is 0 Å². The zero-order valence-electron chi connectivity index (χ0n) is 9.84. The Labute approximate surface area is 101 Å². The van der Waals surface area contributed by atoms with Crippen LogP contribution < -0.4 is 0 Å². The minimum absolute atomic E-state index is 0.176. The van der Waals surface area contributed by atoms with Gasteiger partial charge in [-0.2, -0.15) is 0 Å². The van der Waals surface area contributed by atoms with Crippen LogP contribution in [-0.4, -0.2) is 16.2 Å². The average molecular weight is 227 g/mol. The highest BCUT2D eigenvalue weighted by molar-refractivity contribution is 5.79. The monoisotopic (exact) mass is 227 g/mol. The van der Waals surface area contributed by atoms with Gasteiger partial charge in [-0.25, -0.2) is 0 Å². The highest BCUT2D eigenvalue weighted by Gasteiger charge is 2.24. The summed E-state index contributed by atoms with van der Waals surface area (Å²) >= 11 is 0. The van der Waals surface area contributed by atoms with E-state index in [1.165, 1.54) is 17.4 Å². The molecule has 17 heavy (non-hydrogen) atoms. The summed E-state index contributed by atoms with van der Waals surface area (Å²) in [6.45, 7) is 0. The summed E-state index contributed by atoms with van der Waals surface area (Å²) in [5.41, 5.74) is 2.27. The molecular formula is C15H17NO. The fourth-order valence-corrected chi connectivity index (χ4v) is 2.81. The van der Waals surface area contributed by atoms with Crippen molar-refractivity contribution in [1.29, 1.82) is 0 Å². The minimum Gasteiger partial charge on any atom is -0.392 e. The van der Waals surface area contributed by atoms with E-state index in [1.807, 2.05) is 12.3 Å². The molecule has 0 spiro atoms. The Morgan fingerprint density at radius 1 is 1.12 bits per heavy atom. The number of benzene rings is 1. The van der Waals surface area contributed by atoms with Gasteiger partial charge in [0.25, 0.3) is 0 Å². The maximum atomic E-state index is 10.1. The van der Waals surface area contributed by atoms with E-state index in [0.717, 1.165) is 24.8 Å². The van der Waals surface area contributed by atoms with Gasteiger partial charge >= 0.3 is 0 Å². The number of pyridine rings is 1. The van der Waals surface area contributed by atoms with Crippen LogP contribution >= 0.6 is 0 Å². The van der Waals surface area contributed by atoms with Crippen molar-refractivity contribution in [2.45, 2.75) is 37.7 Å². The molecule has 1 fully saturated rings. The largest absolute Gasteiger partial charge is 0.392 e. The Kier molecular flexibility index (Phi) is 2.81. The third-order valence-electron chi connectivity index (χ3n) is 3.79. The number of aromatic nitrogens is 1. The Morgan fingerprint density at radius 3 is 2.88 bits per heavy atom. The molecule has 0 radical (unpaired) electrons. The molecule has 1 saturated carbocycles. The summed E-state index contributed by atoms with van der Waals surface area (Å²) in [6.07, 6.45) is 6.06. The van der Waals surface area contributed by atoms with Gasteiger partial charge in [0, 0.05) is 17.5 Å². The maximum Gasteiger partial charge on any atom is 0.0704 e. The smallest absolute Gasteiger partial charge is 0.0704 e. The average Bonchev–Trinajstić information content (AvgIpc) is 2.39. The van der Waals surface area contributed by atoms with Crippen molar-refractivity contribution in [3.05, 3.63) is 42.1 Å². The van der Waals surface area contributed by atoms with E-state index in [9.17, 15) is 5.11 Å². The van der Waals surface area contributed by atoms with Crippen LogP contribution in [0.25, 0.3) is 10.9 Å². The van der Waals surface area contributed by atoms with E-state index in [2.05, 4.69) is 29.2 Å². The zero-order valence-corrected chi connectivity index (χ0v) is 9.84. The maximum absolute atomic E-state index is 10.1. The van der Waals surface area contributed by atoms with Crippen molar-refractivity contribution in [3.63, 3.8) is 0 Å². The van der Waals surface area contributed by atoms with E-state index in [-0.39, 0.29) is 6.10 Å². The molecule has 0 aliphatic heterocycles. The van der Waals surface area contributed by atoms with Gasteiger partial charge in [0.2, 0.25) is 0 Å². The second-order valence-electron chi connectivity index (χ2n) is 4.91. The van der Waals surface area contributed by atoms with Crippen LogP contribution in [0.1, 0.15) is 37.2 Å². The van der Waals surface area contributed by atoms with Gasteiger partial charge in [0.05, 0.1) is 11.6 Å². The molecule has 3 rings (SSSR count). The number of aliphatic hydroxyl groups excluding tert-OH is 1. The fraction of sp³-hybridized carbons (Fsp3) is 0.400. The molecule has 2 atom stereocenters. The standard InChI is InChI=1S/C15H17NO/c17-15-6-2-1-5-13(15)12-8-7-11-4-3-9-16-14(11)10-12/h3-4,7-10,13,15,17H,1-2,5-6H2. The predicted octanol–water partition coefficient (Wildman–Crippen LogP) is 3.25. The quantitative estimate of drug-likeness (QED) is 0.811. The van der Waals surface area contributed by atoms with Gasteiger partial charge in [-0.3, -0.25) is 4.98 Å². The molecule has 2 heteroatoms. The Morgan fingerprint density at radius 2 is 2.00 bits per heavy atom. The number of rotatable bonds is 1. The number of hydrogen-bond acceptors (Lipinski definition) is 2. The van der Waals surface area contributed by atoms with E-state index in [1.54, 1.807) is 0 Å². The molecule has 1 aliphatic rings. The van der Waals surface area contributed by atoms with Crippen molar-refractivity contribution >= 4 is 10.9 Å². The van der Waals surface area contributed by atoms with Crippen LogP contribution in [0, 0.1) is 0 Å². The molecule has 1 heterocycles. The van der Waals surface area contributed by atoms with Crippen LogP contribution in [0.15, 0.2) is 36.5 Å². The van der Waals surface area contributed by atoms with Crippen LogP contribution in [0.5, 0.6) is 0 Å². The second kappa shape index (κ2) is 4.46. The van der Waals surface area contributed by atoms with Crippen LogP contribution in [0.2, 0.25) is 0 Å². The molecule has 2 aromatic rings. The minimum atomic E-state index is -0.176. The summed E-state index contributed by atoms with van der Waals surface area (Å²) in [6, 6.07) is 10.4. The van der Waals surface area contributed by atoms with Gasteiger partial charge in [-0.15, -0.1) is 0 Å². The highest BCUT2D eigenvalue weighted by atomic mass is 16.3. The first kappa shape index (κ1) is 10.7. The molecule has 88 valence electrons. The molecule has 1 N–H and O–H groups in total. The number of nitrogens with zero attached hydrogens (tertiary/aromatic N) is 1. The lowest BCUT2D eigenvalue weighted by Crippen LogP contribution is -2.22. The zero-order chi connectivity index (χ0) is 11.7. The van der Waals surface area contributed by atoms with Crippen molar-refractivity contribution < 1.29 is 5.11 Å². The molecule has 2 nitrogen and oxygen atoms in total. The van der Waals surface area contributed by atoms with Gasteiger partial charge < -0.3 is 5.11 Å². The normalized spacial score (nSPS) is 25.0. The predicted molar refractivity (Wildman–Crippen MR) is 69.0 cm³/mol.